The summed E-state index contributed by atoms with van der Waals surface area (Å²) in [4.78, 5) is 4.43. The lowest BCUT2D eigenvalue weighted by Gasteiger charge is -2.11. The molecule has 0 amide bonds. The van der Waals surface area contributed by atoms with E-state index in [1.54, 1.807) is 22.7 Å². The average Bonchev–Trinajstić information content (AvgIpc) is 3.44. The van der Waals surface area contributed by atoms with Crippen molar-refractivity contribution in [2.45, 2.75) is 0 Å². The molecule has 146 valence electrons. The van der Waals surface area contributed by atoms with E-state index in [9.17, 15) is 0 Å². The molecule has 0 radical (unpaired) electrons. The molecule has 6 aromatic rings. The number of nitrogens with zero attached hydrogens (tertiary/aromatic N) is 2. The summed E-state index contributed by atoms with van der Waals surface area (Å²) in [5.74, 6) is 0. The van der Waals surface area contributed by atoms with E-state index >= 15 is 0 Å². The molecule has 2 aromatic heterocycles. The molecule has 0 atom stereocenters. The van der Waals surface area contributed by atoms with Crippen LogP contribution in [-0.2, 0) is 0 Å². The number of rotatable bonds is 3. The SMILES string of the molecule is N#Cc1ccc(-c2csc3cc4c(Nc5ccc6scnc6c5)cccc4cc23)cc1. The Bertz CT molecular complexity index is 1620. The molecule has 3 nitrogen and oxygen atoms in total. The number of nitrogens with one attached hydrogen (secondary N) is 1. The van der Waals surface area contributed by atoms with Crippen LogP contribution in [0.15, 0.2) is 83.7 Å². The van der Waals surface area contributed by atoms with Crippen LogP contribution in [0, 0.1) is 11.3 Å². The molecule has 6 rings (SSSR count). The zero-order chi connectivity index (χ0) is 20.8. The lowest BCUT2D eigenvalue weighted by atomic mass is 10.0. The van der Waals surface area contributed by atoms with Gasteiger partial charge in [-0.3, -0.25) is 0 Å². The van der Waals surface area contributed by atoms with Crippen molar-refractivity contribution in [3.63, 3.8) is 0 Å². The fourth-order valence-electron chi connectivity index (χ4n) is 3.95. The second-order valence-corrected chi connectivity index (χ2v) is 9.17. The number of anilines is 2. The predicted molar refractivity (Wildman–Crippen MR) is 132 cm³/mol. The Kier molecular flexibility index (Phi) is 4.20. The van der Waals surface area contributed by atoms with Gasteiger partial charge in [-0.25, -0.2) is 4.98 Å². The van der Waals surface area contributed by atoms with Gasteiger partial charge in [-0.2, -0.15) is 5.26 Å². The Hall–Kier alpha value is -3.72. The first-order chi connectivity index (χ1) is 15.3. The van der Waals surface area contributed by atoms with E-state index in [0.29, 0.717) is 5.56 Å². The second-order valence-electron chi connectivity index (χ2n) is 7.37. The molecule has 0 spiro atoms. The summed E-state index contributed by atoms with van der Waals surface area (Å²) in [6.45, 7) is 0. The van der Waals surface area contributed by atoms with Crippen molar-refractivity contribution in [3.05, 3.63) is 89.3 Å². The van der Waals surface area contributed by atoms with Gasteiger partial charge in [0.2, 0.25) is 0 Å². The van der Waals surface area contributed by atoms with Crippen molar-refractivity contribution in [1.82, 2.24) is 4.98 Å². The quantitative estimate of drug-likeness (QED) is 0.308. The third kappa shape index (κ3) is 3.14. The number of aromatic nitrogens is 1. The minimum absolute atomic E-state index is 0.681. The van der Waals surface area contributed by atoms with Crippen LogP contribution in [0.1, 0.15) is 5.56 Å². The topological polar surface area (TPSA) is 48.7 Å². The first-order valence-electron chi connectivity index (χ1n) is 9.83. The first kappa shape index (κ1) is 18.1. The molecule has 0 bridgehead atoms. The molecule has 31 heavy (non-hydrogen) atoms. The van der Waals surface area contributed by atoms with Gasteiger partial charge in [0.15, 0.2) is 0 Å². The third-order valence-corrected chi connectivity index (χ3v) is 7.26. The zero-order valence-corrected chi connectivity index (χ0v) is 17.9. The van der Waals surface area contributed by atoms with Crippen LogP contribution in [0.5, 0.6) is 0 Å². The van der Waals surface area contributed by atoms with E-state index in [1.807, 2.05) is 29.8 Å². The van der Waals surface area contributed by atoms with Crippen molar-refractivity contribution < 1.29 is 0 Å². The summed E-state index contributed by atoms with van der Waals surface area (Å²) < 4.78 is 2.44. The summed E-state index contributed by atoms with van der Waals surface area (Å²) in [6, 6.07) is 27.2. The monoisotopic (exact) mass is 433 g/mol. The van der Waals surface area contributed by atoms with Gasteiger partial charge in [0, 0.05) is 32.4 Å². The molecule has 0 aliphatic carbocycles. The van der Waals surface area contributed by atoms with E-state index < -0.39 is 0 Å². The van der Waals surface area contributed by atoms with Crippen LogP contribution in [0.3, 0.4) is 0 Å². The molecule has 0 aliphatic rings. The van der Waals surface area contributed by atoms with Crippen LogP contribution >= 0.6 is 22.7 Å². The maximum Gasteiger partial charge on any atom is 0.0991 e. The number of thiazole rings is 1. The fraction of sp³-hybridized carbons (Fsp3) is 0. The number of hydrogen-bond acceptors (Lipinski definition) is 5. The lowest BCUT2D eigenvalue weighted by Crippen LogP contribution is -1.91. The summed E-state index contributed by atoms with van der Waals surface area (Å²) in [7, 11) is 0. The highest BCUT2D eigenvalue weighted by Crippen LogP contribution is 2.39. The zero-order valence-electron chi connectivity index (χ0n) is 16.3. The Morgan fingerprint density at radius 2 is 1.74 bits per heavy atom. The first-order valence-corrected chi connectivity index (χ1v) is 11.6. The summed E-state index contributed by atoms with van der Waals surface area (Å²) in [5.41, 5.74) is 8.04. The van der Waals surface area contributed by atoms with Gasteiger partial charge >= 0.3 is 0 Å². The molecule has 5 heteroatoms. The molecule has 0 unspecified atom stereocenters. The van der Waals surface area contributed by atoms with Gasteiger partial charge in [0.25, 0.3) is 0 Å². The van der Waals surface area contributed by atoms with E-state index in [2.05, 4.69) is 70.3 Å². The molecular weight excluding hydrogens is 418 g/mol. The summed E-state index contributed by atoms with van der Waals surface area (Å²) >= 11 is 3.41. The van der Waals surface area contributed by atoms with Crippen molar-refractivity contribution in [2.75, 3.05) is 5.32 Å². The predicted octanol–water partition coefficient (Wildman–Crippen LogP) is 7.95. The highest BCUT2D eigenvalue weighted by Gasteiger charge is 2.10. The molecule has 0 saturated heterocycles. The maximum atomic E-state index is 9.07. The summed E-state index contributed by atoms with van der Waals surface area (Å²) in [6.07, 6.45) is 0. The van der Waals surface area contributed by atoms with Crippen molar-refractivity contribution in [1.29, 1.82) is 5.26 Å². The maximum absolute atomic E-state index is 9.07. The van der Waals surface area contributed by atoms with E-state index in [4.69, 9.17) is 5.26 Å². The third-order valence-electron chi connectivity index (χ3n) is 5.51. The number of hydrogen-bond donors (Lipinski definition) is 1. The van der Waals surface area contributed by atoms with Crippen LogP contribution < -0.4 is 5.32 Å². The number of fused-ring (bicyclic) bond motifs is 3. The molecule has 4 aromatic carbocycles. The molecule has 2 heterocycles. The van der Waals surface area contributed by atoms with Crippen molar-refractivity contribution in [2.24, 2.45) is 0 Å². The minimum Gasteiger partial charge on any atom is -0.355 e. The largest absolute Gasteiger partial charge is 0.355 e. The van der Waals surface area contributed by atoms with Gasteiger partial charge in [-0.15, -0.1) is 22.7 Å². The van der Waals surface area contributed by atoms with Gasteiger partial charge in [0.1, 0.15) is 0 Å². The molecular formula is C26H15N3S2. The van der Waals surface area contributed by atoms with Crippen LogP contribution in [0.25, 0.3) is 42.2 Å². The van der Waals surface area contributed by atoms with Crippen LogP contribution in [0.4, 0.5) is 11.4 Å². The Balaban J connectivity index is 1.45. The van der Waals surface area contributed by atoms with E-state index in [-0.39, 0.29) is 0 Å². The van der Waals surface area contributed by atoms with E-state index in [1.165, 1.54) is 31.1 Å². The van der Waals surface area contributed by atoms with Crippen LogP contribution in [0.2, 0.25) is 0 Å². The van der Waals surface area contributed by atoms with Crippen molar-refractivity contribution in [3.8, 4) is 17.2 Å². The molecule has 1 N–H and O–H groups in total. The molecule has 0 aliphatic heterocycles. The summed E-state index contributed by atoms with van der Waals surface area (Å²) in [5, 5.41) is 18.5. The van der Waals surface area contributed by atoms with Gasteiger partial charge < -0.3 is 5.32 Å². The van der Waals surface area contributed by atoms with Gasteiger partial charge in [0.05, 0.1) is 27.4 Å². The smallest absolute Gasteiger partial charge is 0.0991 e. The number of thiophene rings is 1. The lowest BCUT2D eigenvalue weighted by molar-refractivity contribution is 1.49. The Labute approximate surface area is 186 Å². The highest BCUT2D eigenvalue weighted by atomic mass is 32.1. The minimum atomic E-state index is 0.681. The Morgan fingerprint density at radius 3 is 2.61 bits per heavy atom. The van der Waals surface area contributed by atoms with E-state index in [0.717, 1.165) is 22.5 Å². The van der Waals surface area contributed by atoms with Gasteiger partial charge in [-0.1, -0.05) is 24.3 Å². The van der Waals surface area contributed by atoms with Gasteiger partial charge in [-0.05, 0) is 64.9 Å². The number of nitriles is 1. The molecule has 0 fully saturated rings. The average molecular weight is 434 g/mol. The van der Waals surface area contributed by atoms with Crippen LogP contribution in [-0.4, -0.2) is 4.98 Å². The normalized spacial score (nSPS) is 11.2. The number of benzene rings is 4. The Morgan fingerprint density at radius 1 is 0.839 bits per heavy atom. The highest BCUT2D eigenvalue weighted by molar-refractivity contribution is 7.18. The standard InChI is InChI=1S/C26H15N3S2/c27-13-16-4-6-17(7-5-16)22-14-30-26-12-20-18(10-21(22)26)2-1-3-23(20)29-19-8-9-25-24(11-19)28-15-31-25/h1-12,14-15,29H. The fourth-order valence-corrected chi connectivity index (χ4v) is 5.60. The second kappa shape index (κ2) is 7.21. The molecule has 0 saturated carbocycles. The van der Waals surface area contributed by atoms with Crippen molar-refractivity contribution >= 4 is 65.1 Å².